The van der Waals surface area contributed by atoms with Gasteiger partial charge in [0.05, 0.1) is 12.1 Å². The normalized spacial score (nSPS) is 12.6. The predicted octanol–water partition coefficient (Wildman–Crippen LogP) is 3.46. The molecular weight excluding hydrogens is 220 g/mol. The Labute approximate surface area is 106 Å². The smallest absolute Gasteiger partial charge is 0.144 e. The first-order chi connectivity index (χ1) is 8.86. The van der Waals surface area contributed by atoms with Crippen LogP contribution in [0.1, 0.15) is 17.0 Å². The van der Waals surface area contributed by atoms with Gasteiger partial charge in [-0.25, -0.2) is 0 Å². The van der Waals surface area contributed by atoms with Crippen LogP contribution in [0.3, 0.4) is 0 Å². The summed E-state index contributed by atoms with van der Waals surface area (Å²) in [6.07, 6.45) is 0. The lowest BCUT2D eigenvalue weighted by molar-refractivity contribution is 0.725. The third-order valence-corrected chi connectivity index (χ3v) is 3.49. The minimum Gasteiger partial charge on any atom is -0.197 e. The summed E-state index contributed by atoms with van der Waals surface area (Å²) in [5.41, 5.74) is 4.47. The van der Waals surface area contributed by atoms with E-state index in [1.165, 1.54) is 0 Å². The topological polar surface area (TPSA) is 47.6 Å². The summed E-state index contributed by atoms with van der Waals surface area (Å²) in [4.78, 5) is 0. The highest BCUT2D eigenvalue weighted by molar-refractivity contribution is 5.79. The van der Waals surface area contributed by atoms with E-state index in [2.05, 4.69) is 24.3 Å². The summed E-state index contributed by atoms with van der Waals surface area (Å²) in [6, 6.07) is 20.3. The highest BCUT2D eigenvalue weighted by atomic mass is 14.4. The second-order valence-electron chi connectivity index (χ2n) is 4.39. The van der Waals surface area contributed by atoms with Crippen molar-refractivity contribution >= 4 is 0 Å². The van der Waals surface area contributed by atoms with Gasteiger partial charge in [0.15, 0.2) is 0 Å². The van der Waals surface area contributed by atoms with Crippen LogP contribution >= 0.6 is 0 Å². The van der Waals surface area contributed by atoms with Crippen LogP contribution in [-0.2, 0) is 0 Å². The van der Waals surface area contributed by atoms with Crippen LogP contribution in [0.4, 0.5) is 0 Å². The van der Waals surface area contributed by atoms with Gasteiger partial charge in [0.1, 0.15) is 5.92 Å². The van der Waals surface area contributed by atoms with Crippen molar-refractivity contribution in [2.75, 3.05) is 0 Å². The van der Waals surface area contributed by atoms with E-state index in [0.29, 0.717) is 0 Å². The molecule has 2 heteroatoms. The lowest BCUT2D eigenvalue weighted by atomic mass is 9.86. The molecule has 0 saturated heterocycles. The van der Waals surface area contributed by atoms with Crippen molar-refractivity contribution < 1.29 is 0 Å². The van der Waals surface area contributed by atoms with Gasteiger partial charge < -0.3 is 0 Å². The monoisotopic (exact) mass is 230 g/mol. The Balaban J connectivity index is 2.28. The zero-order valence-corrected chi connectivity index (χ0v) is 9.67. The Morgan fingerprint density at radius 3 is 1.67 bits per heavy atom. The second kappa shape index (κ2) is 4.02. The third kappa shape index (κ3) is 1.33. The Morgan fingerprint density at radius 2 is 1.22 bits per heavy atom. The number of nitrogens with zero attached hydrogens (tertiary/aromatic N) is 2. The number of benzene rings is 2. The molecule has 0 bridgehead atoms. The van der Waals surface area contributed by atoms with Crippen molar-refractivity contribution in [2.24, 2.45) is 5.92 Å². The summed E-state index contributed by atoms with van der Waals surface area (Å²) in [5.74, 6) is -0.748. The van der Waals surface area contributed by atoms with E-state index in [-0.39, 0.29) is 5.92 Å². The molecule has 0 unspecified atom stereocenters. The summed E-state index contributed by atoms with van der Waals surface area (Å²) < 4.78 is 0. The summed E-state index contributed by atoms with van der Waals surface area (Å²) in [6.45, 7) is 0. The molecule has 0 amide bonds. The predicted molar refractivity (Wildman–Crippen MR) is 68.4 cm³/mol. The van der Waals surface area contributed by atoms with Crippen molar-refractivity contribution in [3.8, 4) is 23.3 Å². The number of hydrogen-bond acceptors (Lipinski definition) is 2. The lowest BCUT2D eigenvalue weighted by Crippen LogP contribution is -2.08. The Bertz CT molecular complexity index is 629. The van der Waals surface area contributed by atoms with E-state index in [1.54, 1.807) is 0 Å². The fraction of sp³-hybridized carbons (Fsp3) is 0.125. The quantitative estimate of drug-likeness (QED) is 0.753. The molecule has 18 heavy (non-hydrogen) atoms. The average molecular weight is 230 g/mol. The van der Waals surface area contributed by atoms with Crippen molar-refractivity contribution in [1.82, 2.24) is 0 Å². The first kappa shape index (κ1) is 10.6. The number of fused-ring (bicyclic) bond motifs is 3. The molecule has 1 aliphatic carbocycles. The minimum atomic E-state index is -0.630. The van der Waals surface area contributed by atoms with Gasteiger partial charge in [0.2, 0.25) is 0 Å². The summed E-state index contributed by atoms with van der Waals surface area (Å²) in [7, 11) is 0. The van der Waals surface area contributed by atoms with Gasteiger partial charge in [-0.1, -0.05) is 48.5 Å². The number of rotatable bonds is 1. The molecule has 0 atom stereocenters. The molecule has 84 valence electrons. The standard InChI is InChI=1S/C16H10N2/c17-9-11(10-18)16-14-7-3-1-5-12(14)13-6-2-4-8-15(13)16/h1-8,11,16H. The zero-order chi connectivity index (χ0) is 12.5. The maximum Gasteiger partial charge on any atom is 0.144 e. The van der Waals surface area contributed by atoms with E-state index < -0.39 is 5.92 Å². The molecule has 0 spiro atoms. The van der Waals surface area contributed by atoms with Crippen molar-refractivity contribution in [1.29, 1.82) is 10.5 Å². The molecule has 0 aromatic heterocycles. The zero-order valence-electron chi connectivity index (χ0n) is 9.67. The van der Waals surface area contributed by atoms with E-state index in [1.807, 2.05) is 36.4 Å². The van der Waals surface area contributed by atoms with E-state index in [0.717, 1.165) is 22.3 Å². The van der Waals surface area contributed by atoms with Crippen LogP contribution < -0.4 is 0 Å². The first-order valence-electron chi connectivity index (χ1n) is 5.84. The lowest BCUT2D eigenvalue weighted by Gasteiger charge is -2.13. The van der Waals surface area contributed by atoms with Crippen LogP contribution in [0, 0.1) is 28.6 Å². The molecule has 0 aliphatic heterocycles. The molecule has 0 radical (unpaired) electrons. The van der Waals surface area contributed by atoms with Crippen molar-refractivity contribution in [2.45, 2.75) is 5.92 Å². The molecule has 0 N–H and O–H groups in total. The molecule has 3 rings (SSSR count). The molecule has 2 nitrogen and oxygen atoms in total. The number of hydrogen-bond donors (Lipinski definition) is 0. The fourth-order valence-corrected chi connectivity index (χ4v) is 2.73. The van der Waals surface area contributed by atoms with Crippen LogP contribution in [0.5, 0.6) is 0 Å². The van der Waals surface area contributed by atoms with E-state index in [4.69, 9.17) is 10.5 Å². The Hall–Kier alpha value is -2.58. The summed E-state index contributed by atoms with van der Waals surface area (Å²) in [5, 5.41) is 18.3. The summed E-state index contributed by atoms with van der Waals surface area (Å²) >= 11 is 0. The Kier molecular flexibility index (Phi) is 2.36. The third-order valence-electron chi connectivity index (χ3n) is 3.49. The van der Waals surface area contributed by atoms with E-state index >= 15 is 0 Å². The fourth-order valence-electron chi connectivity index (χ4n) is 2.73. The van der Waals surface area contributed by atoms with Gasteiger partial charge in [-0.05, 0) is 22.3 Å². The number of nitriles is 2. The van der Waals surface area contributed by atoms with Crippen LogP contribution in [-0.4, -0.2) is 0 Å². The average Bonchev–Trinajstić information content (AvgIpc) is 2.76. The minimum absolute atomic E-state index is 0.118. The Morgan fingerprint density at radius 1 is 0.778 bits per heavy atom. The highest BCUT2D eigenvalue weighted by Crippen LogP contribution is 2.47. The maximum absolute atomic E-state index is 9.17. The largest absolute Gasteiger partial charge is 0.197 e. The van der Waals surface area contributed by atoms with Crippen LogP contribution in [0.2, 0.25) is 0 Å². The van der Waals surface area contributed by atoms with Gasteiger partial charge >= 0.3 is 0 Å². The molecule has 0 heterocycles. The van der Waals surface area contributed by atoms with Crippen molar-refractivity contribution in [3.05, 3.63) is 59.7 Å². The van der Waals surface area contributed by atoms with Gasteiger partial charge in [-0.15, -0.1) is 0 Å². The van der Waals surface area contributed by atoms with Crippen molar-refractivity contribution in [3.63, 3.8) is 0 Å². The molecule has 0 fully saturated rings. The highest BCUT2D eigenvalue weighted by Gasteiger charge is 2.34. The van der Waals surface area contributed by atoms with Crippen LogP contribution in [0.25, 0.3) is 11.1 Å². The molecule has 0 saturated carbocycles. The molecule has 1 aliphatic rings. The second-order valence-corrected chi connectivity index (χ2v) is 4.39. The first-order valence-corrected chi connectivity index (χ1v) is 5.84. The maximum atomic E-state index is 9.17. The van der Waals surface area contributed by atoms with Gasteiger partial charge in [-0.3, -0.25) is 0 Å². The van der Waals surface area contributed by atoms with Gasteiger partial charge in [0.25, 0.3) is 0 Å². The molecular formula is C16H10N2. The molecule has 2 aromatic carbocycles. The van der Waals surface area contributed by atoms with Gasteiger partial charge in [-0.2, -0.15) is 10.5 Å². The van der Waals surface area contributed by atoms with Crippen LogP contribution in [0.15, 0.2) is 48.5 Å². The molecule has 2 aromatic rings. The van der Waals surface area contributed by atoms with Gasteiger partial charge in [0, 0.05) is 5.92 Å². The van der Waals surface area contributed by atoms with E-state index in [9.17, 15) is 0 Å². The SMILES string of the molecule is N#CC(C#N)C1c2ccccc2-c2ccccc21.